The molecule has 2 aromatic heterocycles. The van der Waals surface area contributed by atoms with Crippen molar-refractivity contribution in [1.29, 1.82) is 0 Å². The molecule has 4 nitrogen and oxygen atoms in total. The minimum absolute atomic E-state index is 0.376. The maximum absolute atomic E-state index is 5.84. The van der Waals surface area contributed by atoms with Gasteiger partial charge in [-0.3, -0.25) is 4.68 Å². The standard InChI is InChI=1S/C10H10ClN3O/c1-14-6-8(5-13-14)7-15-9-3-2-4-12-10(9)11/h2-6H,7H2,1H3. The van der Waals surface area contributed by atoms with Gasteiger partial charge in [-0.05, 0) is 12.1 Å². The summed E-state index contributed by atoms with van der Waals surface area (Å²) in [6.45, 7) is 0.444. The van der Waals surface area contributed by atoms with Gasteiger partial charge in [-0.25, -0.2) is 4.98 Å². The molecule has 0 aliphatic carbocycles. The van der Waals surface area contributed by atoms with Gasteiger partial charge in [0, 0.05) is 25.0 Å². The quantitative estimate of drug-likeness (QED) is 0.748. The molecular weight excluding hydrogens is 214 g/mol. The fourth-order valence-electron chi connectivity index (χ4n) is 1.19. The summed E-state index contributed by atoms with van der Waals surface area (Å²) in [4.78, 5) is 3.92. The lowest BCUT2D eigenvalue weighted by Crippen LogP contribution is -1.95. The molecule has 2 rings (SSSR count). The first-order chi connectivity index (χ1) is 7.25. The third-order valence-electron chi connectivity index (χ3n) is 1.88. The fraction of sp³-hybridized carbons (Fsp3) is 0.200. The summed E-state index contributed by atoms with van der Waals surface area (Å²) in [7, 11) is 1.86. The van der Waals surface area contributed by atoms with E-state index in [1.807, 2.05) is 13.2 Å². The summed E-state index contributed by atoms with van der Waals surface area (Å²) >= 11 is 5.84. The molecule has 0 spiro atoms. The second-order valence-corrected chi connectivity index (χ2v) is 3.46. The molecule has 0 N–H and O–H groups in total. The van der Waals surface area contributed by atoms with E-state index in [2.05, 4.69) is 10.1 Å². The Morgan fingerprint density at radius 3 is 3.07 bits per heavy atom. The number of rotatable bonds is 3. The van der Waals surface area contributed by atoms with Gasteiger partial charge < -0.3 is 4.74 Å². The molecule has 0 bridgehead atoms. The molecule has 0 aliphatic rings. The van der Waals surface area contributed by atoms with E-state index in [0.29, 0.717) is 17.5 Å². The van der Waals surface area contributed by atoms with E-state index in [9.17, 15) is 0 Å². The normalized spacial score (nSPS) is 10.3. The topological polar surface area (TPSA) is 39.9 Å². The largest absolute Gasteiger partial charge is 0.486 e. The molecule has 78 valence electrons. The van der Waals surface area contributed by atoms with Crippen molar-refractivity contribution < 1.29 is 4.74 Å². The molecule has 0 aromatic carbocycles. The Hall–Kier alpha value is -1.55. The van der Waals surface area contributed by atoms with E-state index in [1.165, 1.54) is 0 Å². The maximum atomic E-state index is 5.84. The average Bonchev–Trinajstić information content (AvgIpc) is 2.63. The van der Waals surface area contributed by atoms with Crippen LogP contribution in [0.15, 0.2) is 30.7 Å². The molecule has 2 aromatic rings. The Morgan fingerprint density at radius 2 is 2.40 bits per heavy atom. The molecule has 2 heterocycles. The SMILES string of the molecule is Cn1cc(COc2cccnc2Cl)cn1. The summed E-state index contributed by atoms with van der Waals surface area (Å²) < 4.78 is 7.21. The average molecular weight is 224 g/mol. The summed E-state index contributed by atoms with van der Waals surface area (Å²) in [5.41, 5.74) is 0.998. The molecule has 15 heavy (non-hydrogen) atoms. The van der Waals surface area contributed by atoms with Crippen molar-refractivity contribution in [2.75, 3.05) is 0 Å². The van der Waals surface area contributed by atoms with Crippen molar-refractivity contribution in [3.63, 3.8) is 0 Å². The third-order valence-corrected chi connectivity index (χ3v) is 2.16. The van der Waals surface area contributed by atoms with Crippen molar-refractivity contribution >= 4 is 11.6 Å². The number of halogens is 1. The second kappa shape index (κ2) is 4.31. The van der Waals surface area contributed by atoms with Crippen molar-refractivity contribution in [3.8, 4) is 5.75 Å². The lowest BCUT2D eigenvalue weighted by Gasteiger charge is -2.04. The Balaban J connectivity index is 2.02. The van der Waals surface area contributed by atoms with E-state index in [0.717, 1.165) is 5.56 Å². The smallest absolute Gasteiger partial charge is 0.171 e. The first kappa shape index (κ1) is 9.98. The molecule has 0 saturated carbocycles. The van der Waals surface area contributed by atoms with Crippen LogP contribution in [-0.2, 0) is 13.7 Å². The van der Waals surface area contributed by atoms with E-state index in [4.69, 9.17) is 16.3 Å². The van der Waals surface area contributed by atoms with Crippen LogP contribution >= 0.6 is 11.6 Å². The minimum Gasteiger partial charge on any atom is -0.486 e. The highest BCUT2D eigenvalue weighted by Gasteiger charge is 2.02. The number of pyridine rings is 1. The predicted octanol–water partition coefficient (Wildman–Crippen LogP) is 2.05. The Morgan fingerprint density at radius 1 is 1.53 bits per heavy atom. The van der Waals surface area contributed by atoms with Crippen LogP contribution in [0.3, 0.4) is 0 Å². The van der Waals surface area contributed by atoms with Crippen molar-refractivity contribution in [2.45, 2.75) is 6.61 Å². The van der Waals surface area contributed by atoms with Crippen LogP contribution in [0.25, 0.3) is 0 Å². The highest BCUT2D eigenvalue weighted by molar-refractivity contribution is 6.30. The van der Waals surface area contributed by atoms with Crippen molar-refractivity contribution in [2.24, 2.45) is 7.05 Å². The molecule has 0 saturated heterocycles. The molecule has 0 aliphatic heterocycles. The zero-order valence-electron chi connectivity index (χ0n) is 8.22. The summed E-state index contributed by atoms with van der Waals surface area (Å²) in [6, 6.07) is 3.57. The van der Waals surface area contributed by atoms with Crippen LogP contribution in [0.5, 0.6) is 5.75 Å². The van der Waals surface area contributed by atoms with Gasteiger partial charge in [0.15, 0.2) is 10.9 Å². The van der Waals surface area contributed by atoms with Gasteiger partial charge in [0.2, 0.25) is 0 Å². The van der Waals surface area contributed by atoms with Gasteiger partial charge in [0.1, 0.15) is 6.61 Å². The van der Waals surface area contributed by atoms with Crippen LogP contribution in [0, 0.1) is 0 Å². The third kappa shape index (κ3) is 2.47. The highest BCUT2D eigenvalue weighted by atomic mass is 35.5. The summed E-state index contributed by atoms with van der Waals surface area (Å²) in [6.07, 6.45) is 5.27. The van der Waals surface area contributed by atoms with Gasteiger partial charge in [-0.15, -0.1) is 0 Å². The lowest BCUT2D eigenvalue weighted by atomic mass is 10.4. The van der Waals surface area contributed by atoms with E-state index in [1.54, 1.807) is 29.2 Å². The zero-order valence-corrected chi connectivity index (χ0v) is 8.98. The van der Waals surface area contributed by atoms with Crippen LogP contribution < -0.4 is 4.74 Å². The number of ether oxygens (including phenoxy) is 1. The van der Waals surface area contributed by atoms with E-state index in [-0.39, 0.29) is 0 Å². The summed E-state index contributed by atoms with van der Waals surface area (Å²) in [5.74, 6) is 0.586. The predicted molar refractivity (Wildman–Crippen MR) is 56.8 cm³/mol. The fourth-order valence-corrected chi connectivity index (χ4v) is 1.36. The minimum atomic E-state index is 0.376. The molecule has 0 fully saturated rings. The van der Waals surface area contributed by atoms with Crippen LogP contribution in [0.4, 0.5) is 0 Å². The van der Waals surface area contributed by atoms with Crippen LogP contribution in [0.2, 0.25) is 5.15 Å². The number of hydrogen-bond acceptors (Lipinski definition) is 3. The van der Waals surface area contributed by atoms with Crippen molar-refractivity contribution in [3.05, 3.63) is 41.4 Å². The monoisotopic (exact) mass is 223 g/mol. The molecule has 5 heteroatoms. The van der Waals surface area contributed by atoms with E-state index >= 15 is 0 Å². The van der Waals surface area contributed by atoms with Crippen molar-refractivity contribution in [1.82, 2.24) is 14.8 Å². The van der Waals surface area contributed by atoms with E-state index < -0.39 is 0 Å². The van der Waals surface area contributed by atoms with Gasteiger partial charge >= 0.3 is 0 Å². The number of aromatic nitrogens is 3. The number of hydrogen-bond donors (Lipinski definition) is 0. The van der Waals surface area contributed by atoms with Crippen LogP contribution in [0.1, 0.15) is 5.56 Å². The Bertz CT molecular complexity index is 455. The number of nitrogens with zero attached hydrogens (tertiary/aromatic N) is 3. The summed E-state index contributed by atoms with van der Waals surface area (Å²) in [5, 5.41) is 4.42. The Kier molecular flexibility index (Phi) is 2.87. The molecule has 0 unspecified atom stereocenters. The van der Waals surface area contributed by atoms with Gasteiger partial charge in [0.25, 0.3) is 0 Å². The van der Waals surface area contributed by atoms with Gasteiger partial charge in [0.05, 0.1) is 6.20 Å². The molecule has 0 atom stereocenters. The molecular formula is C10H10ClN3O. The van der Waals surface area contributed by atoms with Gasteiger partial charge in [-0.2, -0.15) is 5.10 Å². The first-order valence-electron chi connectivity index (χ1n) is 4.46. The second-order valence-electron chi connectivity index (χ2n) is 3.10. The Labute approximate surface area is 92.5 Å². The maximum Gasteiger partial charge on any atom is 0.171 e. The lowest BCUT2D eigenvalue weighted by molar-refractivity contribution is 0.305. The highest BCUT2D eigenvalue weighted by Crippen LogP contribution is 2.21. The molecule has 0 radical (unpaired) electrons. The van der Waals surface area contributed by atoms with Gasteiger partial charge in [-0.1, -0.05) is 11.6 Å². The zero-order chi connectivity index (χ0) is 10.7. The molecule has 0 amide bonds. The number of aryl methyl sites for hydroxylation is 1. The first-order valence-corrected chi connectivity index (χ1v) is 4.84. The van der Waals surface area contributed by atoms with Crippen LogP contribution in [-0.4, -0.2) is 14.8 Å².